The largest absolute Gasteiger partial charge is 0.472 e. The number of hydrogen-bond donors (Lipinski definition) is 3. The maximum Gasteiger partial charge on any atom is 0.472 e. The van der Waals surface area contributed by atoms with E-state index in [2.05, 4.69) is 41.5 Å². The maximum atomic E-state index is 13.2. The van der Waals surface area contributed by atoms with Gasteiger partial charge in [0.15, 0.2) is 12.2 Å². The molecule has 6 atom stereocenters. The Kier molecular flexibility index (Phi) is 81.7. The fourth-order valence-electron chi connectivity index (χ4n) is 14.4. The molecule has 0 saturated heterocycles. The lowest BCUT2D eigenvalue weighted by Gasteiger charge is -2.21. The average Bonchev–Trinajstić information content (AvgIpc) is 0.903. The third-order valence-corrected chi connectivity index (χ3v) is 24.0. The van der Waals surface area contributed by atoms with E-state index in [0.29, 0.717) is 25.7 Å². The van der Waals surface area contributed by atoms with Crippen LogP contribution in [0.4, 0.5) is 0 Å². The zero-order valence-electron chi connectivity index (χ0n) is 73.3. The van der Waals surface area contributed by atoms with E-state index < -0.39 is 97.5 Å². The highest BCUT2D eigenvalue weighted by atomic mass is 31.2. The van der Waals surface area contributed by atoms with Gasteiger partial charge in [0.2, 0.25) is 0 Å². The molecule has 0 amide bonds. The highest BCUT2D eigenvalue weighted by Gasteiger charge is 2.31. The average molecular weight is 1620 g/mol. The molecular formula is C92H180O17P2. The van der Waals surface area contributed by atoms with Crippen molar-refractivity contribution in [3.63, 3.8) is 0 Å². The third-order valence-electron chi connectivity index (χ3n) is 22.1. The maximum absolute atomic E-state index is 13.2. The smallest absolute Gasteiger partial charge is 0.462 e. The Bertz CT molecular complexity index is 2120. The van der Waals surface area contributed by atoms with Gasteiger partial charge in [0.05, 0.1) is 26.4 Å². The van der Waals surface area contributed by atoms with Crippen LogP contribution in [0.15, 0.2) is 0 Å². The first-order chi connectivity index (χ1) is 53.9. The molecule has 0 rings (SSSR count). The molecule has 0 saturated carbocycles. The summed E-state index contributed by atoms with van der Waals surface area (Å²) in [7, 11) is -9.93. The summed E-state index contributed by atoms with van der Waals surface area (Å²) >= 11 is 0. The van der Waals surface area contributed by atoms with E-state index in [-0.39, 0.29) is 25.7 Å². The molecule has 0 fully saturated rings. The first-order valence-electron chi connectivity index (χ1n) is 47.5. The number of hydrogen-bond acceptors (Lipinski definition) is 15. The molecule has 0 bridgehead atoms. The number of aliphatic hydroxyl groups is 1. The zero-order chi connectivity index (χ0) is 81.3. The van der Waals surface area contributed by atoms with Crippen molar-refractivity contribution in [2.24, 2.45) is 11.8 Å². The second-order valence-electron chi connectivity index (χ2n) is 33.8. The molecule has 0 heterocycles. The Balaban J connectivity index is 5.16. The number of aliphatic hydroxyl groups excluding tert-OH is 1. The van der Waals surface area contributed by atoms with Crippen LogP contribution in [-0.2, 0) is 65.4 Å². The minimum Gasteiger partial charge on any atom is -0.462 e. The van der Waals surface area contributed by atoms with Gasteiger partial charge in [0.25, 0.3) is 0 Å². The molecule has 0 aromatic carbocycles. The minimum absolute atomic E-state index is 0.108. The van der Waals surface area contributed by atoms with Crippen LogP contribution in [0.2, 0.25) is 0 Å². The van der Waals surface area contributed by atoms with Crippen LogP contribution in [0.5, 0.6) is 0 Å². The number of phosphoric acid groups is 2. The van der Waals surface area contributed by atoms with E-state index in [9.17, 15) is 43.2 Å². The lowest BCUT2D eigenvalue weighted by atomic mass is 9.99. The monoisotopic (exact) mass is 1620 g/mol. The quantitative estimate of drug-likeness (QED) is 0.0222. The molecule has 3 unspecified atom stereocenters. The van der Waals surface area contributed by atoms with Gasteiger partial charge >= 0.3 is 39.5 Å². The Morgan fingerprint density at radius 1 is 0.261 bits per heavy atom. The summed E-state index contributed by atoms with van der Waals surface area (Å²) in [6, 6.07) is 0. The highest BCUT2D eigenvalue weighted by Crippen LogP contribution is 2.45. The van der Waals surface area contributed by atoms with Gasteiger partial charge in [0.1, 0.15) is 19.3 Å². The van der Waals surface area contributed by atoms with E-state index in [1.165, 1.54) is 308 Å². The topological polar surface area (TPSA) is 237 Å². The second-order valence-corrected chi connectivity index (χ2v) is 36.7. The first kappa shape index (κ1) is 109. The molecule has 111 heavy (non-hydrogen) atoms. The Morgan fingerprint density at radius 3 is 0.685 bits per heavy atom. The fraction of sp³-hybridized carbons (Fsp3) is 0.957. The number of carbonyl (C=O) groups excluding carboxylic acids is 4. The van der Waals surface area contributed by atoms with Gasteiger partial charge in [0, 0.05) is 25.7 Å². The molecule has 660 valence electrons. The van der Waals surface area contributed by atoms with Crippen molar-refractivity contribution in [3.8, 4) is 0 Å². The molecule has 17 nitrogen and oxygen atoms in total. The van der Waals surface area contributed by atoms with Gasteiger partial charge in [-0.2, -0.15) is 0 Å². The highest BCUT2D eigenvalue weighted by molar-refractivity contribution is 7.47. The Hall–Kier alpha value is -1.94. The minimum atomic E-state index is -4.97. The standard InChI is InChI=1S/C92H180O17P2/c1-7-10-12-14-16-18-19-20-21-22-23-24-25-26-30-36-41-46-51-57-63-69-75-90(95)103-81-88(109-92(97)77-70-64-58-52-47-42-37-31-28-27-29-35-40-45-50-55-61-67-73-85(6)9-3)83-107-111(100,101)105-79-86(93)78-104-110(98,99)106-82-87(80-102-89(94)74-68-62-56-17-15-13-11-8-2)108-91(96)76-71-65-59-53-48-43-38-33-32-34-39-44-49-54-60-66-72-84(4)5/h84-88,93H,7-83H2,1-6H3,(H,98,99)(H,100,101)/t85?,86-,87+,88+/m0/s1. The van der Waals surface area contributed by atoms with E-state index >= 15 is 0 Å². The van der Waals surface area contributed by atoms with Crippen LogP contribution in [0, 0.1) is 11.8 Å². The van der Waals surface area contributed by atoms with Crippen molar-refractivity contribution >= 4 is 39.5 Å². The number of rotatable bonds is 91. The van der Waals surface area contributed by atoms with E-state index in [1.54, 1.807) is 0 Å². The van der Waals surface area contributed by atoms with Gasteiger partial charge in [-0.15, -0.1) is 0 Å². The van der Waals surface area contributed by atoms with Gasteiger partial charge in [-0.1, -0.05) is 446 Å². The Labute approximate surface area is 683 Å². The molecule has 0 aliphatic carbocycles. The van der Waals surface area contributed by atoms with Crippen molar-refractivity contribution in [2.75, 3.05) is 39.6 Å². The third kappa shape index (κ3) is 84.3. The lowest BCUT2D eigenvalue weighted by Crippen LogP contribution is -2.30. The zero-order valence-corrected chi connectivity index (χ0v) is 75.1. The van der Waals surface area contributed by atoms with E-state index in [0.717, 1.165) is 108 Å². The van der Waals surface area contributed by atoms with Crippen LogP contribution in [0.3, 0.4) is 0 Å². The van der Waals surface area contributed by atoms with E-state index in [1.807, 2.05) is 0 Å². The molecule has 0 aromatic rings. The number of carbonyl (C=O) groups is 4. The van der Waals surface area contributed by atoms with Crippen LogP contribution in [0.1, 0.15) is 497 Å². The molecule has 3 N–H and O–H groups in total. The van der Waals surface area contributed by atoms with Gasteiger partial charge in [-0.05, 0) is 37.5 Å². The number of unbranched alkanes of at least 4 members (excludes halogenated alkanes) is 60. The van der Waals surface area contributed by atoms with Crippen LogP contribution in [0.25, 0.3) is 0 Å². The summed E-state index contributed by atoms with van der Waals surface area (Å²) in [6.45, 7) is 9.77. The van der Waals surface area contributed by atoms with Crippen LogP contribution in [-0.4, -0.2) is 96.7 Å². The van der Waals surface area contributed by atoms with Crippen molar-refractivity contribution < 1.29 is 80.2 Å². The number of phosphoric ester groups is 2. The molecule has 0 aliphatic rings. The van der Waals surface area contributed by atoms with Gasteiger partial charge in [-0.3, -0.25) is 37.3 Å². The summed E-state index contributed by atoms with van der Waals surface area (Å²) < 4.78 is 69.0. The summed E-state index contributed by atoms with van der Waals surface area (Å²) in [4.78, 5) is 73.3. The van der Waals surface area contributed by atoms with Crippen molar-refractivity contribution in [1.29, 1.82) is 0 Å². The van der Waals surface area contributed by atoms with Gasteiger partial charge in [-0.25, -0.2) is 9.13 Å². The molecule has 0 radical (unpaired) electrons. The van der Waals surface area contributed by atoms with E-state index in [4.69, 9.17) is 37.0 Å². The normalized spacial score (nSPS) is 14.0. The molecule has 0 aliphatic heterocycles. The summed E-state index contributed by atoms with van der Waals surface area (Å²) in [5, 5.41) is 10.7. The molecular weight excluding hydrogens is 1440 g/mol. The second kappa shape index (κ2) is 83.1. The fourth-order valence-corrected chi connectivity index (χ4v) is 16.0. The van der Waals surface area contributed by atoms with Gasteiger partial charge < -0.3 is 33.8 Å². The summed E-state index contributed by atoms with van der Waals surface area (Å²) in [5.74, 6) is -0.418. The lowest BCUT2D eigenvalue weighted by molar-refractivity contribution is -0.161. The van der Waals surface area contributed by atoms with Crippen molar-refractivity contribution in [2.45, 2.75) is 516 Å². The van der Waals surface area contributed by atoms with Crippen LogP contribution >= 0.6 is 15.6 Å². The predicted octanol–water partition coefficient (Wildman–Crippen LogP) is 28.6. The first-order valence-corrected chi connectivity index (χ1v) is 50.5. The Morgan fingerprint density at radius 2 is 0.459 bits per heavy atom. The van der Waals surface area contributed by atoms with Crippen molar-refractivity contribution in [3.05, 3.63) is 0 Å². The van der Waals surface area contributed by atoms with Crippen LogP contribution < -0.4 is 0 Å². The summed E-state index contributed by atoms with van der Waals surface area (Å²) in [5.41, 5.74) is 0. The molecule has 0 aromatic heterocycles. The summed E-state index contributed by atoms with van der Waals surface area (Å²) in [6.07, 6.45) is 78.1. The number of esters is 4. The predicted molar refractivity (Wildman–Crippen MR) is 460 cm³/mol. The SMILES string of the molecule is CCCCCCCCCCCCCCCCCCCCCCCCC(=O)OC[C@H](COP(=O)(O)OC[C@@H](O)COP(=O)(O)OC[C@@H](COC(=O)CCCCCCCCCC)OC(=O)CCCCCCCCCCCCCCCCCCC(C)C)OC(=O)CCCCCCCCCCCCCCCCCCCCC(C)CC. The molecule has 19 heteroatoms. The number of ether oxygens (including phenoxy) is 4. The molecule has 0 spiro atoms. The van der Waals surface area contributed by atoms with Crippen molar-refractivity contribution in [1.82, 2.24) is 0 Å².